The maximum absolute atomic E-state index is 6.06. The lowest BCUT2D eigenvalue weighted by Crippen LogP contribution is -2.38. The van der Waals surface area contributed by atoms with Crippen molar-refractivity contribution in [2.24, 2.45) is 0 Å². The minimum Gasteiger partial charge on any atom is -0.492 e. The molecule has 0 N–H and O–H groups in total. The Morgan fingerprint density at radius 2 is 1.82 bits per heavy atom. The van der Waals surface area contributed by atoms with Crippen LogP contribution in [0.2, 0.25) is 0 Å². The van der Waals surface area contributed by atoms with Crippen molar-refractivity contribution in [3.05, 3.63) is 79.3 Å². The van der Waals surface area contributed by atoms with Crippen LogP contribution >= 0.6 is 0 Å². The molecule has 0 spiro atoms. The van der Waals surface area contributed by atoms with E-state index < -0.39 is 0 Å². The van der Waals surface area contributed by atoms with Gasteiger partial charge in [-0.1, -0.05) is 12.1 Å². The second-order valence-corrected chi connectivity index (χ2v) is 8.31. The second kappa shape index (κ2) is 9.21. The number of rotatable bonds is 6. The number of hydrogen-bond donors (Lipinski definition) is 0. The number of morpholine rings is 1. The molecule has 34 heavy (non-hydrogen) atoms. The van der Waals surface area contributed by atoms with Gasteiger partial charge in [-0.25, -0.2) is 4.52 Å². The molecule has 1 fully saturated rings. The number of nitrogens with zero attached hydrogens (tertiary/aromatic N) is 5. The summed E-state index contributed by atoms with van der Waals surface area (Å²) in [6.45, 7) is 5.06. The zero-order chi connectivity index (χ0) is 22.7. The predicted molar refractivity (Wildman–Crippen MR) is 132 cm³/mol. The van der Waals surface area contributed by atoms with Crippen LogP contribution in [0.15, 0.2) is 79.3 Å². The summed E-state index contributed by atoms with van der Waals surface area (Å²) in [6.07, 6.45) is 5.62. The first-order valence-electron chi connectivity index (χ1n) is 11.6. The van der Waals surface area contributed by atoms with Crippen LogP contribution in [0.3, 0.4) is 0 Å². The molecule has 170 valence electrons. The lowest BCUT2D eigenvalue weighted by molar-refractivity contribution is 0.0322. The molecule has 0 aliphatic carbocycles. The molecule has 6 rings (SSSR count). The van der Waals surface area contributed by atoms with Gasteiger partial charge in [-0.2, -0.15) is 5.10 Å². The van der Waals surface area contributed by atoms with Crippen molar-refractivity contribution in [2.45, 2.75) is 0 Å². The van der Waals surface area contributed by atoms with Crippen LogP contribution in [0.25, 0.3) is 38.9 Å². The number of ether oxygens (including phenoxy) is 2. The van der Waals surface area contributed by atoms with Crippen molar-refractivity contribution in [1.82, 2.24) is 24.5 Å². The summed E-state index contributed by atoms with van der Waals surface area (Å²) in [5, 5.41) is 5.92. The molecule has 7 nitrogen and oxygen atoms in total. The highest BCUT2D eigenvalue weighted by Crippen LogP contribution is 2.38. The van der Waals surface area contributed by atoms with Gasteiger partial charge in [-0.3, -0.25) is 14.9 Å². The van der Waals surface area contributed by atoms with Crippen molar-refractivity contribution in [2.75, 3.05) is 39.5 Å². The van der Waals surface area contributed by atoms with Gasteiger partial charge in [0.25, 0.3) is 0 Å². The minimum atomic E-state index is 0.642. The summed E-state index contributed by atoms with van der Waals surface area (Å²) in [5.74, 6) is 0.829. The molecule has 7 heteroatoms. The van der Waals surface area contributed by atoms with E-state index in [0.29, 0.717) is 6.61 Å². The molecule has 0 radical (unpaired) electrons. The summed E-state index contributed by atoms with van der Waals surface area (Å²) in [5.41, 5.74) is 5.74. The Balaban J connectivity index is 1.37. The van der Waals surface area contributed by atoms with E-state index in [9.17, 15) is 0 Å². The monoisotopic (exact) mass is 451 g/mol. The van der Waals surface area contributed by atoms with Crippen LogP contribution in [-0.4, -0.2) is 63.9 Å². The molecule has 1 saturated heterocycles. The maximum atomic E-state index is 6.06. The van der Waals surface area contributed by atoms with Gasteiger partial charge in [0.15, 0.2) is 0 Å². The Morgan fingerprint density at radius 1 is 0.912 bits per heavy atom. The lowest BCUT2D eigenvalue weighted by atomic mass is 9.98. The van der Waals surface area contributed by atoms with Gasteiger partial charge >= 0.3 is 0 Å². The zero-order valence-electron chi connectivity index (χ0n) is 18.8. The molecular weight excluding hydrogens is 426 g/mol. The third kappa shape index (κ3) is 4.00. The number of hydrogen-bond acceptors (Lipinski definition) is 6. The highest BCUT2D eigenvalue weighted by molar-refractivity contribution is 6.03. The predicted octanol–water partition coefficient (Wildman–Crippen LogP) is 4.32. The van der Waals surface area contributed by atoms with Crippen molar-refractivity contribution in [1.29, 1.82) is 0 Å². The first-order valence-corrected chi connectivity index (χ1v) is 11.6. The van der Waals surface area contributed by atoms with E-state index >= 15 is 0 Å². The zero-order valence-corrected chi connectivity index (χ0v) is 18.8. The number of pyridine rings is 3. The van der Waals surface area contributed by atoms with Crippen molar-refractivity contribution in [3.63, 3.8) is 0 Å². The number of fused-ring (bicyclic) bond motifs is 2. The maximum Gasteiger partial charge on any atom is 0.121 e. The van der Waals surface area contributed by atoms with Gasteiger partial charge in [0.1, 0.15) is 18.1 Å². The Kier molecular flexibility index (Phi) is 5.63. The van der Waals surface area contributed by atoms with E-state index in [1.807, 2.05) is 59.4 Å². The SMILES string of the molecule is c1ccc(-c2nn3ccccc3c2-c2ccnc3cc(OCCN4CCOCC4)ccc23)nc1. The largest absolute Gasteiger partial charge is 0.492 e. The fourth-order valence-electron chi connectivity index (χ4n) is 4.50. The van der Waals surface area contributed by atoms with Crippen LogP contribution in [-0.2, 0) is 4.74 Å². The highest BCUT2D eigenvalue weighted by Gasteiger charge is 2.19. The van der Waals surface area contributed by atoms with Gasteiger partial charge in [-0.05, 0) is 48.0 Å². The van der Waals surface area contributed by atoms with Gasteiger partial charge in [0.05, 0.1) is 29.9 Å². The number of aromatic nitrogens is 4. The summed E-state index contributed by atoms with van der Waals surface area (Å²) < 4.78 is 13.4. The van der Waals surface area contributed by atoms with Gasteiger partial charge in [0, 0.05) is 55.2 Å². The summed E-state index contributed by atoms with van der Waals surface area (Å²) in [4.78, 5) is 11.6. The Hall–Kier alpha value is -3.81. The van der Waals surface area contributed by atoms with Crippen LogP contribution < -0.4 is 4.74 Å². The molecule has 5 heterocycles. The molecular formula is C27H25N5O2. The van der Waals surface area contributed by atoms with E-state index in [2.05, 4.69) is 33.1 Å². The third-order valence-electron chi connectivity index (χ3n) is 6.21. The summed E-state index contributed by atoms with van der Waals surface area (Å²) in [7, 11) is 0. The Bertz CT molecular complexity index is 1430. The Labute approximate surface area is 197 Å². The van der Waals surface area contributed by atoms with Crippen molar-refractivity contribution in [3.8, 4) is 28.3 Å². The number of benzene rings is 1. The molecule has 4 aromatic heterocycles. The van der Waals surface area contributed by atoms with E-state index in [1.165, 1.54) is 0 Å². The molecule has 5 aromatic rings. The average Bonchev–Trinajstić information content (AvgIpc) is 3.29. The first kappa shape index (κ1) is 20.8. The van der Waals surface area contributed by atoms with Gasteiger partial charge in [-0.15, -0.1) is 0 Å². The lowest BCUT2D eigenvalue weighted by Gasteiger charge is -2.26. The molecule has 0 saturated carbocycles. The molecule has 0 atom stereocenters. The van der Waals surface area contributed by atoms with E-state index in [1.54, 1.807) is 6.20 Å². The Morgan fingerprint density at radius 3 is 2.71 bits per heavy atom. The standard InChI is InChI=1S/C27H25N5O2/c1-3-10-28-23(5-1)27-26(25-6-2-4-12-32(25)30-27)22-9-11-29-24-19-20(7-8-21(22)24)34-18-15-31-13-16-33-17-14-31/h1-12,19H,13-18H2. The van der Waals surface area contributed by atoms with Gasteiger partial charge in [0.2, 0.25) is 0 Å². The van der Waals surface area contributed by atoms with E-state index in [4.69, 9.17) is 14.6 Å². The van der Waals surface area contributed by atoms with Gasteiger partial charge < -0.3 is 9.47 Å². The molecule has 1 aromatic carbocycles. The fourth-order valence-corrected chi connectivity index (χ4v) is 4.50. The molecule has 0 bridgehead atoms. The van der Waals surface area contributed by atoms with Crippen molar-refractivity contribution >= 4 is 16.4 Å². The third-order valence-corrected chi connectivity index (χ3v) is 6.21. The molecule has 0 amide bonds. The summed E-state index contributed by atoms with van der Waals surface area (Å²) >= 11 is 0. The minimum absolute atomic E-state index is 0.642. The normalized spacial score (nSPS) is 14.6. The fraction of sp³-hybridized carbons (Fsp3) is 0.222. The van der Waals surface area contributed by atoms with Crippen LogP contribution in [0.1, 0.15) is 0 Å². The van der Waals surface area contributed by atoms with E-state index in [-0.39, 0.29) is 0 Å². The first-order chi connectivity index (χ1) is 16.9. The quantitative estimate of drug-likeness (QED) is 0.383. The van der Waals surface area contributed by atoms with E-state index in [0.717, 1.165) is 77.5 Å². The molecule has 1 aliphatic rings. The van der Waals surface area contributed by atoms with Crippen LogP contribution in [0.4, 0.5) is 0 Å². The summed E-state index contributed by atoms with van der Waals surface area (Å²) in [6, 6.07) is 20.2. The molecule has 0 unspecified atom stereocenters. The smallest absolute Gasteiger partial charge is 0.121 e. The van der Waals surface area contributed by atoms with Crippen LogP contribution in [0, 0.1) is 0 Å². The molecule has 1 aliphatic heterocycles. The topological polar surface area (TPSA) is 64.8 Å². The second-order valence-electron chi connectivity index (χ2n) is 8.31. The average molecular weight is 452 g/mol. The van der Waals surface area contributed by atoms with Crippen molar-refractivity contribution < 1.29 is 9.47 Å². The van der Waals surface area contributed by atoms with Crippen LogP contribution in [0.5, 0.6) is 5.75 Å². The highest BCUT2D eigenvalue weighted by atomic mass is 16.5.